The summed E-state index contributed by atoms with van der Waals surface area (Å²) in [5, 5.41) is 11.4. The molecule has 0 radical (unpaired) electrons. The number of nitrogens with zero attached hydrogens (tertiary/aromatic N) is 2. The molecule has 0 spiro atoms. The highest BCUT2D eigenvalue weighted by molar-refractivity contribution is 6.01. The summed E-state index contributed by atoms with van der Waals surface area (Å²) in [6.07, 6.45) is -8.23. The second kappa shape index (κ2) is 15.5. The molecule has 0 heterocycles. The molecular formula is C27H28F6N6O4. The summed E-state index contributed by atoms with van der Waals surface area (Å²) in [6.45, 7) is 3.17. The minimum Gasteiger partial charge on any atom is -0.318 e. The Morgan fingerprint density at radius 1 is 0.581 bits per heavy atom. The van der Waals surface area contributed by atoms with Gasteiger partial charge in [0.15, 0.2) is 0 Å². The van der Waals surface area contributed by atoms with Gasteiger partial charge >= 0.3 is 24.2 Å². The first-order valence-corrected chi connectivity index (χ1v) is 12.7. The van der Waals surface area contributed by atoms with Crippen LogP contribution in [0, 0.1) is 0 Å². The molecule has 0 aliphatic rings. The van der Waals surface area contributed by atoms with Crippen LogP contribution < -0.4 is 21.5 Å². The summed E-state index contributed by atoms with van der Waals surface area (Å²) in [7, 11) is 0. The second-order valence-corrected chi connectivity index (χ2v) is 9.08. The van der Waals surface area contributed by atoms with E-state index in [2.05, 4.69) is 21.1 Å². The molecule has 4 N–H and O–H groups in total. The normalized spacial score (nSPS) is 12.4. The Kier molecular flexibility index (Phi) is 12.4. The lowest BCUT2D eigenvalue weighted by atomic mass is 10.1. The van der Waals surface area contributed by atoms with Crippen LogP contribution in [-0.4, -0.2) is 47.4 Å². The third-order valence-corrected chi connectivity index (χ3v) is 5.64. The van der Waals surface area contributed by atoms with Crippen LogP contribution in [0.3, 0.4) is 0 Å². The Bertz CT molecular complexity index is 1250. The summed E-state index contributed by atoms with van der Waals surface area (Å²) in [4.78, 5) is 46.0. The molecule has 0 unspecified atom stereocenters. The van der Waals surface area contributed by atoms with Crippen molar-refractivity contribution in [3.63, 3.8) is 0 Å². The zero-order valence-corrected chi connectivity index (χ0v) is 22.9. The number of nitrogens with one attached hydrogen (secondary N) is 4. The Labute approximate surface area is 242 Å². The topological polar surface area (TPSA) is 141 Å². The van der Waals surface area contributed by atoms with E-state index in [1.807, 2.05) is 0 Å². The van der Waals surface area contributed by atoms with Gasteiger partial charge < -0.3 is 10.6 Å². The van der Waals surface area contributed by atoms with E-state index in [1.165, 1.54) is 48.5 Å². The van der Waals surface area contributed by atoms with Crippen LogP contribution in [0.2, 0.25) is 0 Å². The van der Waals surface area contributed by atoms with Crippen LogP contribution >= 0.6 is 0 Å². The number of unbranched alkanes of at least 4 members (excludes halogenated alkanes) is 2. The number of anilines is 2. The van der Waals surface area contributed by atoms with Gasteiger partial charge in [0.25, 0.3) is 0 Å². The number of alkyl halides is 6. The fourth-order valence-electron chi connectivity index (χ4n) is 3.27. The van der Waals surface area contributed by atoms with Crippen molar-refractivity contribution in [3.05, 3.63) is 59.7 Å². The Balaban J connectivity index is 1.67. The first kappa shape index (κ1) is 34.4. The number of hydrogen-bond donors (Lipinski definition) is 4. The number of hydrogen-bond acceptors (Lipinski definition) is 6. The van der Waals surface area contributed by atoms with E-state index < -0.39 is 24.2 Å². The molecule has 43 heavy (non-hydrogen) atoms. The van der Waals surface area contributed by atoms with E-state index in [1.54, 1.807) is 24.5 Å². The Hall–Kier alpha value is -4.76. The number of amides is 4. The molecule has 232 valence electrons. The zero-order valence-electron chi connectivity index (χ0n) is 22.9. The predicted molar refractivity (Wildman–Crippen MR) is 146 cm³/mol. The lowest BCUT2D eigenvalue weighted by molar-refractivity contribution is -0.167. The third-order valence-electron chi connectivity index (χ3n) is 5.64. The van der Waals surface area contributed by atoms with Gasteiger partial charge in [0.05, 0.1) is 11.4 Å². The average molecular weight is 615 g/mol. The van der Waals surface area contributed by atoms with Gasteiger partial charge in [-0.05, 0) is 62.1 Å². The molecule has 0 saturated carbocycles. The molecule has 0 atom stereocenters. The van der Waals surface area contributed by atoms with Gasteiger partial charge in [-0.25, -0.2) is 10.9 Å². The van der Waals surface area contributed by atoms with Gasteiger partial charge in [-0.2, -0.15) is 36.5 Å². The molecule has 0 aliphatic carbocycles. The van der Waals surface area contributed by atoms with Gasteiger partial charge in [-0.3, -0.25) is 19.2 Å². The molecule has 0 fully saturated rings. The van der Waals surface area contributed by atoms with Gasteiger partial charge in [-0.15, -0.1) is 0 Å². The van der Waals surface area contributed by atoms with Gasteiger partial charge in [0, 0.05) is 24.2 Å². The smallest absolute Gasteiger partial charge is 0.318 e. The van der Waals surface area contributed by atoms with Crippen LogP contribution in [0.4, 0.5) is 37.7 Å². The number of hydrazone groups is 2. The van der Waals surface area contributed by atoms with Gasteiger partial charge in [0.2, 0.25) is 11.8 Å². The number of halogens is 6. The van der Waals surface area contributed by atoms with Gasteiger partial charge in [0.1, 0.15) is 0 Å². The largest absolute Gasteiger partial charge is 0.471 e. The standard InChI is InChI=1S/C27H28F6N6O4/c1-16(18-8-12-20(13-9-18)34-24(42)26(28,29)30)36-38-22(40)6-4-3-5-7-23(41)39-37-17(2)19-10-14-21(15-11-19)35-25(43)27(31,32)33/h8-15H,3-7H2,1-2H3,(H,34,42)(H,35,43)(H,38,40)(H,39,41)/b36-16+,37-17+. The highest BCUT2D eigenvalue weighted by Crippen LogP contribution is 2.20. The molecule has 2 rings (SSSR count). The molecule has 4 amide bonds. The molecule has 2 aromatic carbocycles. The van der Waals surface area contributed by atoms with Crippen molar-refractivity contribution in [2.75, 3.05) is 10.6 Å². The van der Waals surface area contributed by atoms with Crippen molar-refractivity contribution in [3.8, 4) is 0 Å². The first-order chi connectivity index (χ1) is 20.1. The monoisotopic (exact) mass is 614 g/mol. The van der Waals surface area contributed by atoms with Crippen molar-refractivity contribution < 1.29 is 45.5 Å². The molecule has 2 aromatic rings. The lowest BCUT2D eigenvalue weighted by Gasteiger charge is -2.09. The minimum absolute atomic E-state index is 0.0494. The lowest BCUT2D eigenvalue weighted by Crippen LogP contribution is -2.29. The molecule has 0 saturated heterocycles. The molecule has 10 nitrogen and oxygen atoms in total. The second-order valence-electron chi connectivity index (χ2n) is 9.08. The average Bonchev–Trinajstić information content (AvgIpc) is 2.94. The Morgan fingerprint density at radius 3 is 1.21 bits per heavy atom. The number of benzene rings is 2. The maximum Gasteiger partial charge on any atom is 0.471 e. The minimum atomic E-state index is -5.01. The van der Waals surface area contributed by atoms with Crippen LogP contribution in [0.25, 0.3) is 0 Å². The van der Waals surface area contributed by atoms with E-state index in [0.29, 0.717) is 41.8 Å². The van der Waals surface area contributed by atoms with E-state index >= 15 is 0 Å². The number of carbonyl (C=O) groups is 4. The SMILES string of the molecule is C/C(=N\NC(=O)CCCCCC(=O)N/N=C(\C)c1ccc(NC(=O)C(F)(F)F)cc1)c1ccc(NC(=O)C(F)(F)F)cc1. The highest BCUT2D eigenvalue weighted by Gasteiger charge is 2.39. The molecule has 16 heteroatoms. The van der Waals surface area contributed by atoms with Crippen molar-refractivity contribution in [2.45, 2.75) is 58.3 Å². The van der Waals surface area contributed by atoms with Crippen molar-refractivity contribution >= 4 is 46.4 Å². The summed E-state index contributed by atoms with van der Waals surface area (Å²) >= 11 is 0. The summed E-state index contributed by atoms with van der Waals surface area (Å²) in [6, 6.07) is 10.8. The zero-order chi connectivity index (χ0) is 32.2. The summed E-state index contributed by atoms with van der Waals surface area (Å²) in [5.41, 5.74) is 6.46. The highest BCUT2D eigenvalue weighted by atomic mass is 19.4. The van der Waals surface area contributed by atoms with E-state index in [9.17, 15) is 45.5 Å². The van der Waals surface area contributed by atoms with Crippen LogP contribution in [0.5, 0.6) is 0 Å². The molecule has 0 aromatic heterocycles. The summed E-state index contributed by atoms with van der Waals surface area (Å²) in [5.74, 6) is -4.93. The molecule has 0 aliphatic heterocycles. The number of carbonyl (C=O) groups excluding carboxylic acids is 4. The first-order valence-electron chi connectivity index (χ1n) is 12.7. The number of rotatable bonds is 12. The fourth-order valence-corrected chi connectivity index (χ4v) is 3.27. The predicted octanol–water partition coefficient (Wildman–Crippen LogP) is 5.02. The van der Waals surface area contributed by atoms with Gasteiger partial charge in [-0.1, -0.05) is 30.7 Å². The van der Waals surface area contributed by atoms with E-state index in [4.69, 9.17) is 0 Å². The molecule has 0 bridgehead atoms. The fraction of sp³-hybridized carbons (Fsp3) is 0.333. The maximum absolute atomic E-state index is 12.3. The third kappa shape index (κ3) is 12.3. The molecular weight excluding hydrogens is 586 g/mol. The van der Waals surface area contributed by atoms with Crippen molar-refractivity contribution in [1.29, 1.82) is 0 Å². The van der Waals surface area contributed by atoms with E-state index in [0.717, 1.165) is 0 Å². The van der Waals surface area contributed by atoms with E-state index in [-0.39, 0.29) is 36.0 Å². The van der Waals surface area contributed by atoms with Crippen LogP contribution in [0.15, 0.2) is 58.7 Å². The summed E-state index contributed by atoms with van der Waals surface area (Å²) < 4.78 is 74.0. The van der Waals surface area contributed by atoms with Crippen LogP contribution in [0.1, 0.15) is 57.1 Å². The quantitative estimate of drug-likeness (QED) is 0.115. The van der Waals surface area contributed by atoms with Crippen molar-refractivity contribution in [2.24, 2.45) is 10.2 Å². The maximum atomic E-state index is 12.3. The van der Waals surface area contributed by atoms with Crippen LogP contribution in [-0.2, 0) is 19.2 Å². The van der Waals surface area contributed by atoms with Crippen molar-refractivity contribution in [1.82, 2.24) is 10.9 Å². The Morgan fingerprint density at radius 2 is 0.907 bits per heavy atom.